The second-order valence-electron chi connectivity index (χ2n) is 4.10. The van der Waals surface area contributed by atoms with Crippen LogP contribution in [0.2, 0.25) is 0 Å². The lowest BCUT2D eigenvalue weighted by Gasteiger charge is -2.05. The Bertz CT molecular complexity index is 602. The van der Waals surface area contributed by atoms with E-state index in [9.17, 15) is 9.90 Å². The first kappa shape index (κ1) is 12.2. The molecule has 0 saturated heterocycles. The van der Waals surface area contributed by atoms with Crippen molar-refractivity contribution < 1.29 is 14.3 Å². The highest BCUT2D eigenvalue weighted by molar-refractivity contribution is 6.03. The van der Waals surface area contributed by atoms with E-state index in [1.807, 2.05) is 0 Å². The van der Waals surface area contributed by atoms with E-state index < -0.39 is 0 Å². The van der Waals surface area contributed by atoms with Crippen LogP contribution >= 0.6 is 0 Å². The summed E-state index contributed by atoms with van der Waals surface area (Å²) in [6.07, 6.45) is 0. The van der Waals surface area contributed by atoms with Gasteiger partial charge in [-0.3, -0.25) is 4.79 Å². The summed E-state index contributed by atoms with van der Waals surface area (Å²) >= 11 is 0. The molecule has 2 rings (SSSR count). The van der Waals surface area contributed by atoms with Crippen molar-refractivity contribution in [2.24, 2.45) is 0 Å². The zero-order valence-electron chi connectivity index (χ0n) is 10.4. The number of oxazole rings is 1. The summed E-state index contributed by atoms with van der Waals surface area (Å²) in [6, 6.07) is 4.84. The largest absolute Gasteiger partial charge is 0.508 e. The Labute approximate surface area is 104 Å². The molecule has 1 heterocycles. The first-order chi connectivity index (χ1) is 8.47. The van der Waals surface area contributed by atoms with E-state index >= 15 is 0 Å². The van der Waals surface area contributed by atoms with Gasteiger partial charge >= 0.3 is 0 Å². The Hall–Kier alpha value is -2.30. The Morgan fingerprint density at radius 1 is 1.33 bits per heavy atom. The second kappa shape index (κ2) is 4.52. The van der Waals surface area contributed by atoms with Gasteiger partial charge in [-0.1, -0.05) is 0 Å². The molecular weight excluding hydrogens is 232 g/mol. The van der Waals surface area contributed by atoms with E-state index in [-0.39, 0.29) is 17.4 Å². The molecule has 2 N–H and O–H groups in total. The quantitative estimate of drug-likeness (QED) is 0.798. The average molecular weight is 246 g/mol. The van der Waals surface area contributed by atoms with Crippen LogP contribution in [-0.4, -0.2) is 16.0 Å². The van der Waals surface area contributed by atoms with Crippen LogP contribution in [0.5, 0.6) is 5.75 Å². The van der Waals surface area contributed by atoms with Crippen LogP contribution in [0.1, 0.15) is 27.7 Å². The predicted molar refractivity (Wildman–Crippen MR) is 66.8 cm³/mol. The molecule has 0 radical (unpaired) electrons. The van der Waals surface area contributed by atoms with Gasteiger partial charge in [0, 0.05) is 12.6 Å². The molecule has 0 aliphatic heterocycles. The van der Waals surface area contributed by atoms with Crippen molar-refractivity contribution in [3.8, 4) is 5.75 Å². The van der Waals surface area contributed by atoms with Crippen molar-refractivity contribution in [3.05, 3.63) is 41.1 Å². The highest BCUT2D eigenvalue weighted by Crippen LogP contribution is 2.21. The van der Waals surface area contributed by atoms with Gasteiger partial charge in [-0.15, -0.1) is 0 Å². The molecule has 0 aliphatic carbocycles. The minimum atomic E-state index is -0.349. The summed E-state index contributed by atoms with van der Waals surface area (Å²) in [5, 5.41) is 12.1. The van der Waals surface area contributed by atoms with Crippen LogP contribution in [-0.2, 0) is 0 Å². The molecule has 0 saturated carbocycles. The molecule has 18 heavy (non-hydrogen) atoms. The van der Waals surface area contributed by atoms with Crippen LogP contribution in [0.3, 0.4) is 0 Å². The third-order valence-corrected chi connectivity index (χ3v) is 2.56. The normalized spacial score (nSPS) is 10.4. The summed E-state index contributed by atoms with van der Waals surface area (Å²) in [4.78, 5) is 16.0. The highest BCUT2D eigenvalue weighted by atomic mass is 16.4. The number of carbonyl (C=O) groups is 1. The first-order valence-electron chi connectivity index (χ1n) is 5.52. The summed E-state index contributed by atoms with van der Waals surface area (Å²) in [7, 11) is 0. The number of aromatic hydroxyl groups is 1. The van der Waals surface area contributed by atoms with Crippen LogP contribution in [0.15, 0.2) is 22.6 Å². The van der Waals surface area contributed by atoms with Gasteiger partial charge in [0.2, 0.25) is 5.76 Å². The Balaban J connectivity index is 2.21. The van der Waals surface area contributed by atoms with Gasteiger partial charge in [-0.25, -0.2) is 4.98 Å². The van der Waals surface area contributed by atoms with Crippen molar-refractivity contribution >= 4 is 11.6 Å². The minimum absolute atomic E-state index is 0.194. The number of amides is 1. The maximum absolute atomic E-state index is 11.9. The number of aromatic nitrogens is 1. The number of nitrogens with one attached hydrogen (secondary N) is 1. The number of aryl methyl sites for hydroxylation is 3. The predicted octanol–water partition coefficient (Wildman–Crippen LogP) is 2.56. The van der Waals surface area contributed by atoms with Crippen molar-refractivity contribution in [2.75, 3.05) is 5.32 Å². The Morgan fingerprint density at radius 3 is 2.61 bits per heavy atom. The summed E-state index contributed by atoms with van der Waals surface area (Å²) in [5.41, 5.74) is 1.85. The second-order valence-corrected chi connectivity index (χ2v) is 4.10. The average Bonchev–Trinajstić information content (AvgIpc) is 2.63. The monoisotopic (exact) mass is 246 g/mol. The number of hydrogen-bond donors (Lipinski definition) is 2. The number of phenols is 1. The maximum atomic E-state index is 11.9. The molecule has 2 aromatic rings. The molecule has 0 atom stereocenters. The molecule has 1 amide bonds. The first-order valence-corrected chi connectivity index (χ1v) is 5.52. The highest BCUT2D eigenvalue weighted by Gasteiger charge is 2.16. The molecule has 0 fully saturated rings. The number of carbonyl (C=O) groups excluding carboxylic acids is 1. The standard InChI is InChI=1S/C13H14N2O3/c1-7-6-10(4-5-11(7)16)15-13(17)12-8(2)14-9(3)18-12/h4-6,16H,1-3H3,(H,15,17). The van der Waals surface area contributed by atoms with Gasteiger partial charge in [-0.05, 0) is 37.6 Å². The summed E-state index contributed by atoms with van der Waals surface area (Å²) < 4.78 is 5.23. The lowest BCUT2D eigenvalue weighted by Crippen LogP contribution is -2.12. The molecule has 0 unspecified atom stereocenters. The summed E-state index contributed by atoms with van der Waals surface area (Å²) in [6.45, 7) is 5.16. The fourth-order valence-corrected chi connectivity index (χ4v) is 1.66. The number of hydrogen-bond acceptors (Lipinski definition) is 4. The van der Waals surface area contributed by atoms with E-state index in [0.29, 0.717) is 22.8 Å². The fourth-order valence-electron chi connectivity index (χ4n) is 1.66. The van der Waals surface area contributed by atoms with E-state index in [1.165, 1.54) is 6.07 Å². The van der Waals surface area contributed by atoms with E-state index in [2.05, 4.69) is 10.3 Å². The Kier molecular flexibility index (Phi) is 3.06. The van der Waals surface area contributed by atoms with Gasteiger partial charge in [0.1, 0.15) is 5.75 Å². The van der Waals surface area contributed by atoms with Crippen molar-refractivity contribution in [2.45, 2.75) is 20.8 Å². The minimum Gasteiger partial charge on any atom is -0.508 e. The smallest absolute Gasteiger partial charge is 0.293 e. The zero-order valence-corrected chi connectivity index (χ0v) is 10.4. The zero-order chi connectivity index (χ0) is 13.3. The van der Waals surface area contributed by atoms with E-state index in [0.717, 1.165) is 0 Å². The van der Waals surface area contributed by atoms with Crippen LogP contribution in [0, 0.1) is 20.8 Å². The van der Waals surface area contributed by atoms with E-state index in [4.69, 9.17) is 4.42 Å². The molecule has 1 aromatic heterocycles. The van der Waals surface area contributed by atoms with Crippen LogP contribution in [0.25, 0.3) is 0 Å². The van der Waals surface area contributed by atoms with Crippen LogP contribution in [0.4, 0.5) is 5.69 Å². The lowest BCUT2D eigenvalue weighted by atomic mass is 10.2. The van der Waals surface area contributed by atoms with Gasteiger partial charge in [-0.2, -0.15) is 0 Å². The number of nitrogens with zero attached hydrogens (tertiary/aromatic N) is 1. The number of phenolic OH excluding ortho intramolecular Hbond substituents is 1. The SMILES string of the molecule is Cc1nc(C)c(C(=O)Nc2ccc(O)c(C)c2)o1. The fraction of sp³-hybridized carbons (Fsp3) is 0.231. The topological polar surface area (TPSA) is 75.4 Å². The van der Waals surface area contributed by atoms with Gasteiger partial charge in [0.25, 0.3) is 5.91 Å². The third kappa shape index (κ3) is 2.34. The third-order valence-electron chi connectivity index (χ3n) is 2.56. The van der Waals surface area contributed by atoms with Crippen LogP contribution < -0.4 is 5.32 Å². The van der Waals surface area contributed by atoms with Crippen molar-refractivity contribution in [3.63, 3.8) is 0 Å². The number of benzene rings is 1. The maximum Gasteiger partial charge on any atom is 0.293 e. The van der Waals surface area contributed by atoms with E-state index in [1.54, 1.807) is 32.9 Å². The molecule has 94 valence electrons. The van der Waals surface area contributed by atoms with Gasteiger partial charge < -0.3 is 14.8 Å². The Morgan fingerprint density at radius 2 is 2.06 bits per heavy atom. The molecular formula is C13H14N2O3. The molecule has 5 nitrogen and oxygen atoms in total. The number of rotatable bonds is 2. The molecule has 5 heteroatoms. The van der Waals surface area contributed by atoms with Gasteiger partial charge in [0.05, 0.1) is 5.69 Å². The molecule has 0 bridgehead atoms. The summed E-state index contributed by atoms with van der Waals surface area (Å²) in [5.74, 6) is 0.510. The molecule has 1 aromatic carbocycles. The lowest BCUT2D eigenvalue weighted by molar-refractivity contribution is 0.0994. The van der Waals surface area contributed by atoms with Crippen molar-refractivity contribution in [1.29, 1.82) is 0 Å². The van der Waals surface area contributed by atoms with Crippen molar-refractivity contribution in [1.82, 2.24) is 4.98 Å². The molecule has 0 aliphatic rings. The number of anilines is 1. The molecule has 0 spiro atoms. The van der Waals surface area contributed by atoms with Gasteiger partial charge in [0.15, 0.2) is 5.89 Å².